The molecule has 0 unspecified atom stereocenters. The number of hydrogen-bond acceptors (Lipinski definition) is 3. The third kappa shape index (κ3) is 1.48. The molecular weight excluding hydrogens is 263 g/mol. The lowest BCUT2D eigenvalue weighted by Gasteiger charge is -2.07. The van der Waals surface area contributed by atoms with Crippen LogP contribution in [0.25, 0.3) is 16.6 Å². The van der Waals surface area contributed by atoms with Crippen molar-refractivity contribution in [3.63, 3.8) is 0 Å². The first-order chi connectivity index (χ1) is 10.1. The standard InChI is InChI=1S/C16H9BN2O2/c1-8-3-2-4-10-13(8)18-15-14(20)11-7-9(17)5-6-12(11)19(15)16(10)21/h2-7H,1H3. The lowest BCUT2D eigenvalue weighted by atomic mass is 9.93. The van der Waals surface area contributed by atoms with E-state index in [9.17, 15) is 9.59 Å². The normalized spacial score (nSPS) is 12.5. The monoisotopic (exact) mass is 272 g/mol. The van der Waals surface area contributed by atoms with E-state index >= 15 is 0 Å². The molecule has 0 N–H and O–H groups in total. The molecule has 2 radical (unpaired) electrons. The molecular formula is C16H9BN2O2. The van der Waals surface area contributed by atoms with Gasteiger partial charge in [0.2, 0.25) is 5.78 Å². The van der Waals surface area contributed by atoms with Crippen LogP contribution in [0.5, 0.6) is 0 Å². The molecule has 2 heterocycles. The lowest BCUT2D eigenvalue weighted by Crippen LogP contribution is -2.21. The van der Waals surface area contributed by atoms with Gasteiger partial charge in [-0.05, 0) is 24.6 Å². The van der Waals surface area contributed by atoms with Crippen LogP contribution < -0.4 is 11.0 Å². The number of aromatic nitrogens is 2. The van der Waals surface area contributed by atoms with E-state index in [1.165, 1.54) is 4.57 Å². The van der Waals surface area contributed by atoms with E-state index in [2.05, 4.69) is 4.98 Å². The van der Waals surface area contributed by atoms with Crippen molar-refractivity contribution in [2.45, 2.75) is 6.92 Å². The van der Waals surface area contributed by atoms with Crippen LogP contribution >= 0.6 is 0 Å². The summed E-state index contributed by atoms with van der Waals surface area (Å²) in [7, 11) is 5.73. The number of aryl methyl sites for hydroxylation is 1. The lowest BCUT2D eigenvalue weighted by molar-refractivity contribution is 0.103. The zero-order valence-corrected chi connectivity index (χ0v) is 11.3. The summed E-state index contributed by atoms with van der Waals surface area (Å²) in [5, 5.41) is 0.510. The Hall–Kier alpha value is -2.69. The molecule has 3 aromatic rings. The highest BCUT2D eigenvalue weighted by atomic mass is 16.1. The van der Waals surface area contributed by atoms with Gasteiger partial charge in [0, 0.05) is 5.56 Å². The Bertz CT molecular complexity index is 1010. The van der Waals surface area contributed by atoms with Crippen molar-refractivity contribution in [3.05, 3.63) is 63.7 Å². The van der Waals surface area contributed by atoms with E-state index in [4.69, 9.17) is 7.85 Å². The number of hydrogen-bond donors (Lipinski definition) is 0. The van der Waals surface area contributed by atoms with Crippen molar-refractivity contribution in [1.29, 1.82) is 0 Å². The molecule has 0 fully saturated rings. The van der Waals surface area contributed by atoms with Gasteiger partial charge in [-0.25, -0.2) is 4.98 Å². The maximum absolute atomic E-state index is 12.7. The highest BCUT2D eigenvalue weighted by Crippen LogP contribution is 2.25. The highest BCUT2D eigenvalue weighted by Gasteiger charge is 2.30. The quantitative estimate of drug-likeness (QED) is 0.449. The number of carbonyl (C=O) groups excluding carboxylic acids is 1. The predicted molar refractivity (Wildman–Crippen MR) is 80.9 cm³/mol. The second-order valence-corrected chi connectivity index (χ2v) is 5.15. The third-order valence-electron chi connectivity index (χ3n) is 3.81. The van der Waals surface area contributed by atoms with Gasteiger partial charge in [0.15, 0.2) is 5.82 Å². The van der Waals surface area contributed by atoms with Gasteiger partial charge in [-0.2, -0.15) is 0 Å². The molecule has 2 aromatic carbocycles. The fourth-order valence-electron chi connectivity index (χ4n) is 2.78. The van der Waals surface area contributed by atoms with Crippen molar-refractivity contribution in [3.8, 4) is 5.69 Å². The van der Waals surface area contributed by atoms with Gasteiger partial charge in [-0.3, -0.25) is 14.2 Å². The smallest absolute Gasteiger partial charge is 0.266 e. The van der Waals surface area contributed by atoms with Crippen LogP contribution in [-0.2, 0) is 0 Å². The first-order valence-corrected chi connectivity index (χ1v) is 6.55. The summed E-state index contributed by atoms with van der Waals surface area (Å²) in [5.74, 6) is -0.109. The van der Waals surface area contributed by atoms with Crippen LogP contribution in [0.1, 0.15) is 21.7 Å². The highest BCUT2D eigenvalue weighted by molar-refractivity contribution is 6.33. The number of ketones is 1. The largest absolute Gasteiger partial charge is 0.285 e. The number of benzene rings is 2. The van der Waals surface area contributed by atoms with E-state index in [0.29, 0.717) is 27.6 Å². The minimum absolute atomic E-state index is 0.155. The van der Waals surface area contributed by atoms with Gasteiger partial charge in [-0.1, -0.05) is 29.7 Å². The summed E-state index contributed by atoms with van der Waals surface area (Å²) in [6.45, 7) is 1.87. The Morgan fingerprint density at radius 1 is 1.14 bits per heavy atom. The fraction of sp³-hybridized carbons (Fsp3) is 0.0625. The molecule has 0 atom stereocenters. The first-order valence-electron chi connectivity index (χ1n) is 6.55. The van der Waals surface area contributed by atoms with E-state index in [0.717, 1.165) is 5.56 Å². The van der Waals surface area contributed by atoms with Gasteiger partial charge in [0.25, 0.3) is 5.56 Å². The molecule has 1 aromatic heterocycles. The van der Waals surface area contributed by atoms with Crippen LogP contribution in [-0.4, -0.2) is 23.2 Å². The second-order valence-electron chi connectivity index (χ2n) is 5.15. The van der Waals surface area contributed by atoms with Gasteiger partial charge in [0.1, 0.15) is 7.85 Å². The average Bonchev–Trinajstić information content (AvgIpc) is 2.74. The average molecular weight is 272 g/mol. The molecule has 0 spiro atoms. The van der Waals surface area contributed by atoms with Gasteiger partial charge in [0.05, 0.1) is 16.6 Å². The predicted octanol–water partition coefficient (Wildman–Crippen LogP) is 1.03. The van der Waals surface area contributed by atoms with Crippen LogP contribution in [0, 0.1) is 6.92 Å². The molecule has 0 aliphatic carbocycles. The van der Waals surface area contributed by atoms with Crippen molar-refractivity contribution < 1.29 is 4.79 Å². The summed E-state index contributed by atoms with van der Waals surface area (Å²) in [6.07, 6.45) is 0. The Morgan fingerprint density at radius 2 is 1.95 bits per heavy atom. The molecule has 5 heteroatoms. The van der Waals surface area contributed by atoms with Crippen molar-refractivity contribution in [2.75, 3.05) is 0 Å². The Kier molecular flexibility index (Phi) is 2.25. The fourth-order valence-corrected chi connectivity index (χ4v) is 2.78. The van der Waals surface area contributed by atoms with Crippen LogP contribution in [0.2, 0.25) is 0 Å². The number of carbonyl (C=O) groups is 1. The topological polar surface area (TPSA) is 52.0 Å². The summed E-state index contributed by atoms with van der Waals surface area (Å²) in [4.78, 5) is 29.6. The summed E-state index contributed by atoms with van der Waals surface area (Å²) < 4.78 is 1.37. The number of fused-ring (bicyclic) bond motifs is 4. The SMILES string of the molecule is [B]c1ccc2c(c1)C(=O)c1nc3c(C)cccc3c(=O)n1-2. The van der Waals surface area contributed by atoms with Gasteiger partial charge < -0.3 is 0 Å². The molecule has 0 bridgehead atoms. The minimum Gasteiger partial charge on any atom is -0.285 e. The molecule has 0 amide bonds. The van der Waals surface area contributed by atoms with Crippen molar-refractivity contribution in [1.82, 2.24) is 9.55 Å². The zero-order chi connectivity index (χ0) is 14.7. The zero-order valence-electron chi connectivity index (χ0n) is 11.3. The van der Waals surface area contributed by atoms with Crippen molar-refractivity contribution >= 4 is 30.0 Å². The summed E-state index contributed by atoms with van der Waals surface area (Å²) >= 11 is 0. The number of nitrogens with zero attached hydrogens (tertiary/aromatic N) is 2. The van der Waals surface area contributed by atoms with E-state index < -0.39 is 0 Å². The van der Waals surface area contributed by atoms with Crippen LogP contribution in [0.4, 0.5) is 0 Å². The number of para-hydroxylation sites is 1. The maximum Gasteiger partial charge on any atom is 0.266 e. The van der Waals surface area contributed by atoms with E-state index in [1.807, 2.05) is 19.1 Å². The number of rotatable bonds is 0. The van der Waals surface area contributed by atoms with Crippen LogP contribution in [0.3, 0.4) is 0 Å². The molecule has 4 rings (SSSR count). The molecule has 98 valence electrons. The molecule has 0 saturated heterocycles. The Morgan fingerprint density at radius 3 is 2.76 bits per heavy atom. The Labute approximate surface area is 121 Å². The van der Waals surface area contributed by atoms with E-state index in [1.54, 1.807) is 24.3 Å². The van der Waals surface area contributed by atoms with Gasteiger partial charge >= 0.3 is 0 Å². The third-order valence-corrected chi connectivity index (χ3v) is 3.81. The van der Waals surface area contributed by atoms with Crippen molar-refractivity contribution in [2.24, 2.45) is 0 Å². The Balaban J connectivity index is 2.20. The van der Waals surface area contributed by atoms with E-state index in [-0.39, 0.29) is 17.2 Å². The molecule has 4 nitrogen and oxygen atoms in total. The van der Waals surface area contributed by atoms with Crippen LogP contribution in [0.15, 0.2) is 41.2 Å². The molecule has 1 aliphatic rings. The minimum atomic E-state index is -0.264. The summed E-state index contributed by atoms with van der Waals surface area (Å²) in [6, 6.07) is 10.4. The second kappa shape index (κ2) is 3.91. The summed E-state index contributed by atoms with van der Waals surface area (Å²) in [5.41, 5.74) is 2.68. The molecule has 1 aliphatic heterocycles. The van der Waals surface area contributed by atoms with Gasteiger partial charge in [-0.15, -0.1) is 0 Å². The first kappa shape index (κ1) is 12.1. The molecule has 0 saturated carbocycles. The maximum atomic E-state index is 12.7. The molecule has 21 heavy (non-hydrogen) atoms.